The number of anilines is 1. The lowest BCUT2D eigenvalue weighted by Gasteiger charge is -2.27. The molecule has 2 N–H and O–H groups in total. The maximum Gasteiger partial charge on any atom is 0.0432 e. The van der Waals surface area contributed by atoms with Gasteiger partial charge in [-0.3, -0.25) is 0 Å². The minimum absolute atomic E-state index is 0.0478. The van der Waals surface area contributed by atoms with E-state index in [1.165, 1.54) is 28.8 Å². The Bertz CT molecular complexity index is 637. The van der Waals surface area contributed by atoms with Crippen molar-refractivity contribution in [2.45, 2.75) is 32.4 Å². The summed E-state index contributed by atoms with van der Waals surface area (Å²) >= 11 is 3.60. The molecule has 1 unspecified atom stereocenters. The summed E-state index contributed by atoms with van der Waals surface area (Å²) in [4.78, 5) is 2.47. The number of benzene rings is 2. The van der Waals surface area contributed by atoms with Gasteiger partial charge in [-0.1, -0.05) is 46.3 Å². The maximum atomic E-state index is 6.16. The summed E-state index contributed by atoms with van der Waals surface area (Å²) < 4.78 is 1.11. The molecule has 0 bridgehead atoms. The van der Waals surface area contributed by atoms with Crippen molar-refractivity contribution in [3.8, 4) is 0 Å². The molecule has 110 valence electrons. The molecule has 0 saturated carbocycles. The van der Waals surface area contributed by atoms with Gasteiger partial charge >= 0.3 is 0 Å². The molecule has 21 heavy (non-hydrogen) atoms. The molecule has 2 aromatic rings. The second kappa shape index (κ2) is 6.20. The zero-order valence-electron chi connectivity index (χ0n) is 12.3. The zero-order valence-corrected chi connectivity index (χ0v) is 13.9. The molecule has 1 atom stereocenters. The third-order valence-electron chi connectivity index (χ3n) is 4.18. The number of halogens is 1. The predicted octanol–water partition coefficient (Wildman–Crippen LogP) is 4.42. The van der Waals surface area contributed by atoms with Crippen molar-refractivity contribution >= 4 is 21.6 Å². The van der Waals surface area contributed by atoms with Crippen molar-refractivity contribution < 1.29 is 0 Å². The molecule has 0 fully saturated rings. The van der Waals surface area contributed by atoms with Crippen LogP contribution >= 0.6 is 15.9 Å². The molecule has 3 rings (SSSR count). The van der Waals surface area contributed by atoms with E-state index in [4.69, 9.17) is 5.73 Å². The molecule has 0 amide bonds. The van der Waals surface area contributed by atoms with Crippen molar-refractivity contribution in [1.29, 1.82) is 0 Å². The fraction of sp³-hybridized carbons (Fsp3) is 0.333. The van der Waals surface area contributed by atoms with E-state index in [-0.39, 0.29) is 6.04 Å². The summed E-state index contributed by atoms with van der Waals surface area (Å²) in [5.41, 5.74) is 11.6. The van der Waals surface area contributed by atoms with Crippen LogP contribution in [-0.2, 0) is 13.0 Å². The Morgan fingerprint density at radius 3 is 2.67 bits per heavy atom. The number of nitrogens with zero attached hydrogens (tertiary/aromatic N) is 1. The third kappa shape index (κ3) is 3.14. The molecule has 0 saturated heterocycles. The summed E-state index contributed by atoms with van der Waals surface area (Å²) in [6.45, 7) is 4.09. The van der Waals surface area contributed by atoms with Gasteiger partial charge < -0.3 is 10.6 Å². The van der Waals surface area contributed by atoms with E-state index in [0.29, 0.717) is 0 Å². The summed E-state index contributed by atoms with van der Waals surface area (Å²) in [6, 6.07) is 15.2. The first-order valence-corrected chi connectivity index (χ1v) is 8.31. The summed E-state index contributed by atoms with van der Waals surface area (Å²) in [5.74, 6) is 0. The number of aryl methyl sites for hydroxylation is 1. The molecule has 3 heteroatoms. The Morgan fingerprint density at radius 1 is 1.14 bits per heavy atom. The van der Waals surface area contributed by atoms with E-state index in [9.17, 15) is 0 Å². The maximum absolute atomic E-state index is 6.16. The minimum atomic E-state index is 0.0478. The van der Waals surface area contributed by atoms with Crippen LogP contribution in [0.5, 0.6) is 0 Å². The molecule has 1 heterocycles. The lowest BCUT2D eigenvalue weighted by Crippen LogP contribution is -2.25. The van der Waals surface area contributed by atoms with Gasteiger partial charge in [-0.25, -0.2) is 0 Å². The van der Waals surface area contributed by atoms with Crippen LogP contribution in [0, 0.1) is 0 Å². The van der Waals surface area contributed by atoms with Gasteiger partial charge in [0, 0.05) is 29.3 Å². The van der Waals surface area contributed by atoms with Crippen LogP contribution in [0.15, 0.2) is 46.9 Å². The van der Waals surface area contributed by atoms with Crippen LogP contribution in [0.2, 0.25) is 0 Å². The highest BCUT2D eigenvalue weighted by atomic mass is 79.9. The Kier molecular flexibility index (Phi) is 4.32. The van der Waals surface area contributed by atoms with Crippen LogP contribution < -0.4 is 10.6 Å². The molecule has 0 spiro atoms. The first-order chi connectivity index (χ1) is 10.1. The van der Waals surface area contributed by atoms with Gasteiger partial charge in [-0.2, -0.15) is 0 Å². The number of nitrogens with two attached hydrogens (primary N) is 1. The fourth-order valence-corrected chi connectivity index (χ4v) is 3.43. The van der Waals surface area contributed by atoms with Crippen molar-refractivity contribution in [1.82, 2.24) is 0 Å². The molecule has 0 aliphatic carbocycles. The van der Waals surface area contributed by atoms with Crippen molar-refractivity contribution in [3.05, 3.63) is 63.6 Å². The monoisotopic (exact) mass is 344 g/mol. The van der Waals surface area contributed by atoms with E-state index < -0.39 is 0 Å². The topological polar surface area (TPSA) is 29.3 Å². The Hall–Kier alpha value is -1.32. The molecule has 0 aromatic heterocycles. The highest BCUT2D eigenvalue weighted by Crippen LogP contribution is 2.32. The average Bonchev–Trinajstić information content (AvgIpc) is 2.68. The van der Waals surface area contributed by atoms with E-state index in [2.05, 4.69) is 70.2 Å². The molecule has 2 aromatic carbocycles. The molecular weight excluding hydrogens is 324 g/mol. The molecule has 1 aliphatic rings. The number of fused-ring (bicyclic) bond motifs is 1. The smallest absolute Gasteiger partial charge is 0.0432 e. The number of rotatable bonds is 2. The lowest BCUT2D eigenvalue weighted by atomic mass is 10.0. The van der Waals surface area contributed by atoms with E-state index >= 15 is 0 Å². The van der Waals surface area contributed by atoms with Crippen LogP contribution in [0.4, 0.5) is 5.69 Å². The largest absolute Gasteiger partial charge is 0.367 e. The normalized spacial score (nSPS) is 16.2. The zero-order chi connectivity index (χ0) is 14.8. The van der Waals surface area contributed by atoms with Gasteiger partial charge in [0.25, 0.3) is 0 Å². The van der Waals surface area contributed by atoms with Gasteiger partial charge in [-0.05, 0) is 48.6 Å². The molecular formula is C18H21BrN2. The van der Waals surface area contributed by atoms with Gasteiger partial charge in [0.2, 0.25) is 0 Å². The van der Waals surface area contributed by atoms with Crippen LogP contribution in [-0.4, -0.2) is 6.54 Å². The highest BCUT2D eigenvalue weighted by Gasteiger charge is 2.18. The van der Waals surface area contributed by atoms with Crippen LogP contribution in [0.25, 0.3) is 0 Å². The quantitative estimate of drug-likeness (QED) is 0.873. The molecule has 2 nitrogen and oxygen atoms in total. The second-order valence-electron chi connectivity index (χ2n) is 5.79. The van der Waals surface area contributed by atoms with Gasteiger partial charge in [0.15, 0.2) is 0 Å². The van der Waals surface area contributed by atoms with Crippen LogP contribution in [0.3, 0.4) is 0 Å². The predicted molar refractivity (Wildman–Crippen MR) is 92.6 cm³/mol. The Balaban J connectivity index is 1.99. The first kappa shape index (κ1) is 14.6. The van der Waals surface area contributed by atoms with Crippen molar-refractivity contribution in [2.75, 3.05) is 11.4 Å². The SMILES string of the molecule is CC(N)c1ccc(Br)cc1N1CCCc2ccccc2C1. The average molecular weight is 345 g/mol. The second-order valence-corrected chi connectivity index (χ2v) is 6.70. The van der Waals surface area contributed by atoms with E-state index in [1.54, 1.807) is 0 Å². The van der Waals surface area contributed by atoms with Crippen molar-refractivity contribution in [3.63, 3.8) is 0 Å². The minimum Gasteiger partial charge on any atom is -0.367 e. The summed E-state index contributed by atoms with van der Waals surface area (Å²) in [6.07, 6.45) is 2.34. The third-order valence-corrected chi connectivity index (χ3v) is 4.67. The van der Waals surface area contributed by atoms with E-state index in [1.807, 2.05) is 0 Å². The van der Waals surface area contributed by atoms with Gasteiger partial charge in [-0.15, -0.1) is 0 Å². The van der Waals surface area contributed by atoms with Gasteiger partial charge in [0.1, 0.15) is 0 Å². The standard InChI is InChI=1S/C18H21BrN2/c1-13(20)17-9-8-16(19)11-18(17)21-10-4-7-14-5-2-3-6-15(14)12-21/h2-3,5-6,8-9,11,13H,4,7,10,12,20H2,1H3. The Morgan fingerprint density at radius 2 is 1.90 bits per heavy atom. The van der Waals surface area contributed by atoms with Gasteiger partial charge in [0.05, 0.1) is 0 Å². The molecule has 0 radical (unpaired) electrons. The Labute approximate surface area is 135 Å². The number of hydrogen-bond donors (Lipinski definition) is 1. The summed E-state index contributed by atoms with van der Waals surface area (Å²) in [5, 5.41) is 0. The van der Waals surface area contributed by atoms with Crippen molar-refractivity contribution in [2.24, 2.45) is 5.73 Å². The lowest BCUT2D eigenvalue weighted by molar-refractivity contribution is 0.744. The summed E-state index contributed by atoms with van der Waals surface area (Å²) in [7, 11) is 0. The molecule has 1 aliphatic heterocycles. The van der Waals surface area contributed by atoms with Crippen LogP contribution in [0.1, 0.15) is 36.1 Å². The van der Waals surface area contributed by atoms with E-state index in [0.717, 1.165) is 24.0 Å². The first-order valence-electron chi connectivity index (χ1n) is 7.52. The highest BCUT2D eigenvalue weighted by molar-refractivity contribution is 9.10. The fourth-order valence-electron chi connectivity index (χ4n) is 3.08. The number of hydrogen-bond acceptors (Lipinski definition) is 2.